The second kappa shape index (κ2) is 8.30. The molecule has 0 spiro atoms. The number of nitrogens with two attached hydrogens (primary N) is 1. The van der Waals surface area contributed by atoms with Crippen LogP contribution in [-0.2, 0) is 24.8 Å². The topological polar surface area (TPSA) is 119 Å². The third-order valence-electron chi connectivity index (χ3n) is 3.46. The predicted octanol–water partition coefficient (Wildman–Crippen LogP) is 0.145. The van der Waals surface area contributed by atoms with Crippen molar-refractivity contribution in [2.24, 2.45) is 5.73 Å². The second-order valence-electron chi connectivity index (χ2n) is 6.30. The first-order chi connectivity index (χ1) is 11.0. The van der Waals surface area contributed by atoms with Gasteiger partial charge in [-0.05, 0) is 38.1 Å². The molecule has 0 atom stereocenters. The quantitative estimate of drug-likeness (QED) is 0.684. The highest BCUT2D eigenvalue weighted by Gasteiger charge is 2.27. The van der Waals surface area contributed by atoms with Crippen LogP contribution in [0.2, 0.25) is 0 Å². The van der Waals surface area contributed by atoms with Gasteiger partial charge in [-0.15, -0.1) is 12.4 Å². The van der Waals surface area contributed by atoms with Crippen molar-refractivity contribution in [1.82, 2.24) is 9.03 Å². The van der Waals surface area contributed by atoms with Crippen LogP contribution in [0.5, 0.6) is 0 Å². The summed E-state index contributed by atoms with van der Waals surface area (Å²) in [6, 6.07) is 5.15. The number of ether oxygens (including phenoxy) is 1. The molecule has 0 bridgehead atoms. The monoisotopic (exact) mass is 413 g/mol. The van der Waals surface area contributed by atoms with Gasteiger partial charge >= 0.3 is 0 Å². The minimum absolute atomic E-state index is 0. The van der Waals surface area contributed by atoms with Crippen molar-refractivity contribution in [3.63, 3.8) is 0 Å². The molecule has 0 aromatic heterocycles. The number of sulfonamides is 2. The third kappa shape index (κ3) is 5.88. The van der Waals surface area contributed by atoms with Crippen molar-refractivity contribution < 1.29 is 21.6 Å². The number of benzene rings is 1. The van der Waals surface area contributed by atoms with Gasteiger partial charge in [0.05, 0.1) is 23.0 Å². The number of halogens is 1. The maximum Gasteiger partial charge on any atom is 0.243 e. The van der Waals surface area contributed by atoms with Crippen molar-refractivity contribution in [2.45, 2.75) is 29.2 Å². The Hall–Kier alpha value is -0.750. The first-order valence-electron chi connectivity index (χ1n) is 7.49. The minimum atomic E-state index is -3.74. The Morgan fingerprint density at radius 2 is 1.56 bits per heavy atom. The zero-order valence-electron chi connectivity index (χ0n) is 14.1. The highest BCUT2D eigenvalue weighted by Crippen LogP contribution is 2.19. The Bertz CT molecular complexity index is 768. The first-order valence-corrected chi connectivity index (χ1v) is 10.4. The summed E-state index contributed by atoms with van der Waals surface area (Å²) in [4.78, 5) is 0.0511. The van der Waals surface area contributed by atoms with Crippen LogP contribution in [0.4, 0.5) is 0 Å². The van der Waals surface area contributed by atoms with E-state index in [4.69, 9.17) is 10.5 Å². The molecule has 1 aromatic carbocycles. The Balaban J connectivity index is 0.00000312. The summed E-state index contributed by atoms with van der Waals surface area (Å²) < 4.78 is 58.3. The Kier molecular flexibility index (Phi) is 7.40. The van der Waals surface area contributed by atoms with E-state index in [9.17, 15) is 16.8 Å². The van der Waals surface area contributed by atoms with E-state index in [-0.39, 0.29) is 41.8 Å². The average molecular weight is 414 g/mol. The van der Waals surface area contributed by atoms with Gasteiger partial charge in [0.15, 0.2) is 0 Å². The second-order valence-corrected chi connectivity index (χ2v) is 10.0. The van der Waals surface area contributed by atoms with Gasteiger partial charge < -0.3 is 10.5 Å². The van der Waals surface area contributed by atoms with Crippen LogP contribution in [-0.4, -0.2) is 59.5 Å². The molecule has 1 aromatic rings. The van der Waals surface area contributed by atoms with Gasteiger partial charge in [0.25, 0.3) is 0 Å². The van der Waals surface area contributed by atoms with Gasteiger partial charge in [0.1, 0.15) is 0 Å². The molecule has 1 heterocycles. The average Bonchev–Trinajstić information content (AvgIpc) is 2.53. The van der Waals surface area contributed by atoms with Crippen LogP contribution < -0.4 is 10.5 Å². The normalized spacial score (nSPS) is 17.1. The van der Waals surface area contributed by atoms with E-state index in [1.807, 2.05) is 0 Å². The third-order valence-corrected chi connectivity index (χ3v) is 6.79. The highest BCUT2D eigenvalue weighted by molar-refractivity contribution is 7.89. The molecule has 1 aliphatic heterocycles. The van der Waals surface area contributed by atoms with E-state index in [1.165, 1.54) is 28.6 Å². The Morgan fingerprint density at radius 1 is 1.08 bits per heavy atom. The molecular formula is C14H24ClN3O5S2. The molecule has 3 N–H and O–H groups in total. The molecule has 25 heavy (non-hydrogen) atoms. The number of hydrogen-bond acceptors (Lipinski definition) is 6. The Morgan fingerprint density at radius 3 is 2.04 bits per heavy atom. The molecule has 0 saturated carbocycles. The SMILES string of the molecule is CC(C)(N)CNS(=O)(=O)c1ccc(S(=O)(=O)N2CCOCC2)cc1.Cl. The lowest BCUT2D eigenvalue weighted by Gasteiger charge is -2.26. The Labute approximate surface area is 155 Å². The standard InChI is InChI=1S/C14H23N3O5S2.ClH/c1-14(2,15)11-16-23(18,19)12-3-5-13(6-4-12)24(20,21)17-7-9-22-10-8-17;/h3-6,16H,7-11,15H2,1-2H3;1H. The minimum Gasteiger partial charge on any atom is -0.379 e. The summed E-state index contributed by atoms with van der Waals surface area (Å²) in [5.41, 5.74) is 5.07. The summed E-state index contributed by atoms with van der Waals surface area (Å²) >= 11 is 0. The van der Waals surface area contributed by atoms with E-state index in [1.54, 1.807) is 13.8 Å². The largest absolute Gasteiger partial charge is 0.379 e. The maximum absolute atomic E-state index is 12.5. The molecule has 0 amide bonds. The van der Waals surface area contributed by atoms with Crippen LogP contribution >= 0.6 is 12.4 Å². The van der Waals surface area contributed by atoms with Crippen LogP contribution in [0.25, 0.3) is 0 Å². The van der Waals surface area contributed by atoms with E-state index in [0.717, 1.165) is 0 Å². The van der Waals surface area contributed by atoms with E-state index < -0.39 is 25.6 Å². The van der Waals surface area contributed by atoms with E-state index >= 15 is 0 Å². The summed E-state index contributed by atoms with van der Waals surface area (Å²) in [6.07, 6.45) is 0. The lowest BCUT2D eigenvalue weighted by molar-refractivity contribution is 0.0730. The fraction of sp³-hybridized carbons (Fsp3) is 0.571. The molecule has 0 radical (unpaired) electrons. The summed E-state index contributed by atoms with van der Waals surface area (Å²) in [7, 11) is -7.38. The highest BCUT2D eigenvalue weighted by atomic mass is 35.5. The van der Waals surface area contributed by atoms with E-state index in [0.29, 0.717) is 13.2 Å². The predicted molar refractivity (Wildman–Crippen MR) is 96.7 cm³/mol. The van der Waals surface area contributed by atoms with Crippen LogP contribution in [0.15, 0.2) is 34.1 Å². The van der Waals surface area contributed by atoms with Crippen LogP contribution in [0.3, 0.4) is 0 Å². The number of hydrogen-bond donors (Lipinski definition) is 2. The number of rotatable bonds is 6. The van der Waals surface area contributed by atoms with Crippen molar-refractivity contribution in [3.8, 4) is 0 Å². The molecule has 11 heteroatoms. The smallest absolute Gasteiger partial charge is 0.243 e. The number of morpholine rings is 1. The number of nitrogens with one attached hydrogen (secondary N) is 1. The number of nitrogens with zero attached hydrogens (tertiary/aromatic N) is 1. The summed E-state index contributed by atoms with van der Waals surface area (Å²) in [5, 5.41) is 0. The van der Waals surface area contributed by atoms with Crippen molar-refractivity contribution in [1.29, 1.82) is 0 Å². The first kappa shape index (κ1) is 22.3. The van der Waals surface area contributed by atoms with Gasteiger partial charge in [-0.25, -0.2) is 21.6 Å². The van der Waals surface area contributed by atoms with Gasteiger partial charge in [0.2, 0.25) is 20.0 Å². The summed E-state index contributed by atoms with van der Waals surface area (Å²) in [6.45, 7) is 4.75. The molecule has 0 aliphatic carbocycles. The van der Waals surface area contributed by atoms with Gasteiger partial charge in [-0.1, -0.05) is 0 Å². The van der Waals surface area contributed by atoms with Gasteiger partial charge in [0, 0.05) is 25.2 Å². The molecule has 2 rings (SSSR count). The molecule has 1 aliphatic rings. The molecule has 1 fully saturated rings. The van der Waals surface area contributed by atoms with Crippen LogP contribution in [0.1, 0.15) is 13.8 Å². The lowest BCUT2D eigenvalue weighted by atomic mass is 10.1. The fourth-order valence-electron chi connectivity index (χ4n) is 2.09. The fourth-order valence-corrected chi connectivity index (χ4v) is 4.72. The molecule has 1 saturated heterocycles. The molecule has 144 valence electrons. The zero-order chi connectivity index (χ0) is 18.0. The van der Waals surface area contributed by atoms with Crippen molar-refractivity contribution in [3.05, 3.63) is 24.3 Å². The zero-order valence-corrected chi connectivity index (χ0v) is 16.6. The maximum atomic E-state index is 12.5. The van der Waals surface area contributed by atoms with Gasteiger partial charge in [-0.2, -0.15) is 4.31 Å². The lowest BCUT2D eigenvalue weighted by Crippen LogP contribution is -2.45. The van der Waals surface area contributed by atoms with E-state index in [2.05, 4.69) is 4.72 Å². The van der Waals surface area contributed by atoms with Crippen molar-refractivity contribution in [2.75, 3.05) is 32.8 Å². The molecule has 8 nitrogen and oxygen atoms in total. The molecule has 0 unspecified atom stereocenters. The van der Waals surface area contributed by atoms with Crippen molar-refractivity contribution >= 4 is 32.5 Å². The van der Waals surface area contributed by atoms with Crippen LogP contribution in [0, 0.1) is 0 Å². The molecular weight excluding hydrogens is 390 g/mol. The summed E-state index contributed by atoms with van der Waals surface area (Å²) in [5.74, 6) is 0. The van der Waals surface area contributed by atoms with Gasteiger partial charge in [-0.3, -0.25) is 0 Å².